The van der Waals surface area contributed by atoms with Crippen molar-refractivity contribution in [3.05, 3.63) is 84.1 Å². The summed E-state index contributed by atoms with van der Waals surface area (Å²) in [6.45, 7) is -0.0611. The third-order valence-electron chi connectivity index (χ3n) is 4.31. The number of hydrogen-bond donors (Lipinski definition) is 1. The Bertz CT molecular complexity index is 1140. The van der Waals surface area contributed by atoms with Crippen molar-refractivity contribution in [1.82, 2.24) is 20.0 Å². The molecule has 1 N–H and O–H groups in total. The maximum atomic E-state index is 13.7. The molecular weight excluding hydrogens is 378 g/mol. The number of nitrogens with one attached hydrogen (secondary N) is 1. The van der Waals surface area contributed by atoms with Gasteiger partial charge in [-0.1, -0.05) is 41.6 Å². The Labute approximate surface area is 164 Å². The van der Waals surface area contributed by atoms with E-state index in [1.54, 1.807) is 22.9 Å². The lowest BCUT2D eigenvalue weighted by atomic mass is 10.2. The Hall–Kier alpha value is -3.81. The zero-order valence-electron chi connectivity index (χ0n) is 15.2. The van der Waals surface area contributed by atoms with Gasteiger partial charge in [-0.15, -0.1) is 0 Å². The fourth-order valence-electron chi connectivity index (χ4n) is 2.85. The van der Waals surface area contributed by atoms with Crippen LogP contribution >= 0.6 is 0 Å². The molecule has 4 aromatic rings. The van der Waals surface area contributed by atoms with E-state index >= 15 is 0 Å². The van der Waals surface area contributed by atoms with Crippen LogP contribution < -0.4 is 5.32 Å². The molecule has 29 heavy (non-hydrogen) atoms. The van der Waals surface area contributed by atoms with Crippen LogP contribution in [-0.4, -0.2) is 20.6 Å². The van der Waals surface area contributed by atoms with Crippen molar-refractivity contribution >= 4 is 5.91 Å². The van der Waals surface area contributed by atoms with Crippen molar-refractivity contribution < 1.29 is 18.1 Å². The SMILES string of the molecule is O=C(Cn1cccc1-c1nc(-c2ccccc2)no1)NCc1ccc(F)cc1F. The number of amides is 1. The second-order valence-corrected chi connectivity index (χ2v) is 6.32. The van der Waals surface area contributed by atoms with Gasteiger partial charge >= 0.3 is 0 Å². The summed E-state index contributed by atoms with van der Waals surface area (Å²) in [6, 6.07) is 16.1. The smallest absolute Gasteiger partial charge is 0.274 e. The van der Waals surface area contributed by atoms with E-state index in [2.05, 4.69) is 15.5 Å². The topological polar surface area (TPSA) is 73.0 Å². The molecule has 4 rings (SSSR count). The number of benzene rings is 2. The zero-order valence-corrected chi connectivity index (χ0v) is 15.2. The van der Waals surface area contributed by atoms with Gasteiger partial charge in [0, 0.05) is 29.9 Å². The van der Waals surface area contributed by atoms with Crippen LogP contribution in [0.25, 0.3) is 23.0 Å². The molecule has 0 spiro atoms. The largest absolute Gasteiger partial charge is 0.350 e. The number of aromatic nitrogens is 3. The van der Waals surface area contributed by atoms with Crippen LogP contribution in [0.4, 0.5) is 8.78 Å². The van der Waals surface area contributed by atoms with E-state index in [0.29, 0.717) is 11.5 Å². The molecule has 0 aliphatic rings. The first-order chi connectivity index (χ1) is 14.1. The first kappa shape index (κ1) is 18.5. The first-order valence-corrected chi connectivity index (χ1v) is 8.85. The number of nitrogens with zero attached hydrogens (tertiary/aromatic N) is 3. The number of carbonyl (C=O) groups is 1. The Balaban J connectivity index is 1.44. The molecule has 2 aromatic heterocycles. The van der Waals surface area contributed by atoms with Crippen molar-refractivity contribution in [1.29, 1.82) is 0 Å². The molecule has 0 atom stereocenters. The Morgan fingerprint density at radius 1 is 1.07 bits per heavy atom. The Morgan fingerprint density at radius 3 is 2.69 bits per heavy atom. The first-order valence-electron chi connectivity index (χ1n) is 8.85. The third kappa shape index (κ3) is 4.21. The van der Waals surface area contributed by atoms with Gasteiger partial charge in [0.1, 0.15) is 23.9 Å². The molecule has 0 fully saturated rings. The molecule has 2 heterocycles. The molecule has 2 aromatic carbocycles. The molecule has 0 radical (unpaired) electrons. The molecule has 0 bridgehead atoms. The molecule has 0 saturated carbocycles. The normalized spacial score (nSPS) is 10.8. The van der Waals surface area contributed by atoms with Gasteiger partial charge in [0.15, 0.2) is 0 Å². The van der Waals surface area contributed by atoms with Gasteiger partial charge in [0.05, 0.1) is 0 Å². The highest BCUT2D eigenvalue weighted by molar-refractivity contribution is 5.76. The predicted molar refractivity (Wildman–Crippen MR) is 101 cm³/mol. The van der Waals surface area contributed by atoms with E-state index in [-0.39, 0.29) is 30.5 Å². The maximum Gasteiger partial charge on any atom is 0.274 e. The Kier molecular flexibility index (Phi) is 5.15. The number of carbonyl (C=O) groups excluding carboxylic acids is 1. The van der Waals surface area contributed by atoms with Crippen molar-refractivity contribution in [3.8, 4) is 23.0 Å². The fraction of sp³-hybridized carbons (Fsp3) is 0.0952. The van der Waals surface area contributed by atoms with Crippen LogP contribution in [0.1, 0.15) is 5.56 Å². The predicted octanol–water partition coefficient (Wildman–Crippen LogP) is 3.80. The van der Waals surface area contributed by atoms with Gasteiger partial charge in [0.25, 0.3) is 5.89 Å². The summed E-state index contributed by atoms with van der Waals surface area (Å²) >= 11 is 0. The summed E-state index contributed by atoms with van der Waals surface area (Å²) in [4.78, 5) is 16.7. The van der Waals surface area contributed by atoms with Crippen molar-refractivity contribution in [3.63, 3.8) is 0 Å². The van der Waals surface area contributed by atoms with Crippen LogP contribution in [0, 0.1) is 11.6 Å². The molecule has 0 aliphatic heterocycles. The van der Waals surface area contributed by atoms with E-state index in [9.17, 15) is 13.6 Å². The lowest BCUT2D eigenvalue weighted by Gasteiger charge is -2.09. The molecule has 6 nitrogen and oxygen atoms in total. The quantitative estimate of drug-likeness (QED) is 0.540. The summed E-state index contributed by atoms with van der Waals surface area (Å²) in [6.07, 6.45) is 1.71. The van der Waals surface area contributed by atoms with Crippen LogP contribution in [0.5, 0.6) is 0 Å². The highest BCUT2D eigenvalue weighted by Gasteiger charge is 2.15. The second-order valence-electron chi connectivity index (χ2n) is 6.32. The van der Waals surface area contributed by atoms with E-state index in [4.69, 9.17) is 4.52 Å². The molecule has 0 aliphatic carbocycles. The van der Waals surface area contributed by atoms with Gasteiger partial charge in [-0.25, -0.2) is 8.78 Å². The minimum absolute atomic E-state index is 0.0196. The lowest BCUT2D eigenvalue weighted by molar-refractivity contribution is -0.121. The van der Waals surface area contributed by atoms with Crippen LogP contribution in [-0.2, 0) is 17.9 Å². The maximum absolute atomic E-state index is 13.7. The number of rotatable bonds is 6. The van der Waals surface area contributed by atoms with Crippen molar-refractivity contribution in [2.75, 3.05) is 0 Å². The average molecular weight is 394 g/mol. The number of halogens is 2. The highest BCUT2D eigenvalue weighted by atomic mass is 19.1. The summed E-state index contributed by atoms with van der Waals surface area (Å²) in [5, 5.41) is 6.60. The van der Waals surface area contributed by atoms with E-state index in [1.807, 2.05) is 30.3 Å². The van der Waals surface area contributed by atoms with Crippen molar-refractivity contribution in [2.45, 2.75) is 13.1 Å². The molecule has 146 valence electrons. The second kappa shape index (κ2) is 8.05. The number of hydrogen-bond acceptors (Lipinski definition) is 4. The van der Waals surface area contributed by atoms with E-state index in [0.717, 1.165) is 17.7 Å². The van der Waals surface area contributed by atoms with Gasteiger partial charge in [0.2, 0.25) is 11.7 Å². The minimum Gasteiger partial charge on any atom is -0.350 e. The zero-order chi connectivity index (χ0) is 20.2. The Morgan fingerprint density at radius 2 is 1.90 bits per heavy atom. The molecule has 0 unspecified atom stereocenters. The van der Waals surface area contributed by atoms with E-state index < -0.39 is 11.6 Å². The van der Waals surface area contributed by atoms with Gasteiger partial charge in [-0.3, -0.25) is 4.79 Å². The van der Waals surface area contributed by atoms with Gasteiger partial charge in [-0.05, 0) is 18.2 Å². The lowest BCUT2D eigenvalue weighted by Crippen LogP contribution is -2.27. The highest BCUT2D eigenvalue weighted by Crippen LogP contribution is 2.22. The van der Waals surface area contributed by atoms with Gasteiger partial charge < -0.3 is 14.4 Å². The third-order valence-corrected chi connectivity index (χ3v) is 4.31. The van der Waals surface area contributed by atoms with Crippen LogP contribution in [0.2, 0.25) is 0 Å². The monoisotopic (exact) mass is 394 g/mol. The molecule has 0 saturated heterocycles. The molecule has 1 amide bonds. The fourth-order valence-corrected chi connectivity index (χ4v) is 2.85. The molecular formula is C21H16F2N4O2. The average Bonchev–Trinajstić information content (AvgIpc) is 3.37. The minimum atomic E-state index is -0.703. The summed E-state index contributed by atoms with van der Waals surface area (Å²) < 4.78 is 33.6. The molecule has 8 heteroatoms. The van der Waals surface area contributed by atoms with Gasteiger partial charge in [-0.2, -0.15) is 4.98 Å². The van der Waals surface area contributed by atoms with Crippen LogP contribution in [0.3, 0.4) is 0 Å². The summed E-state index contributed by atoms with van der Waals surface area (Å²) in [5.74, 6) is -0.972. The van der Waals surface area contributed by atoms with Crippen LogP contribution in [0.15, 0.2) is 71.4 Å². The van der Waals surface area contributed by atoms with Crippen molar-refractivity contribution in [2.24, 2.45) is 0 Å². The summed E-state index contributed by atoms with van der Waals surface area (Å²) in [7, 11) is 0. The standard InChI is InChI=1S/C21H16F2N4O2/c22-16-9-8-15(17(23)11-16)12-24-19(28)13-27-10-4-7-18(27)21-25-20(26-29-21)14-5-2-1-3-6-14/h1-11H,12-13H2,(H,24,28). The summed E-state index contributed by atoms with van der Waals surface area (Å²) in [5.41, 5.74) is 1.61. The van der Waals surface area contributed by atoms with E-state index in [1.165, 1.54) is 6.07 Å².